The van der Waals surface area contributed by atoms with E-state index in [1.807, 2.05) is 45.0 Å². The van der Waals surface area contributed by atoms with Crippen LogP contribution in [0, 0.1) is 19.8 Å². The Kier molecular flexibility index (Phi) is 10.8. The minimum Gasteiger partial charge on any atom is -0.354 e. The minimum atomic E-state index is -4.17. The van der Waals surface area contributed by atoms with Crippen molar-refractivity contribution in [2.24, 2.45) is 5.92 Å². The van der Waals surface area contributed by atoms with Crippen molar-refractivity contribution in [3.8, 4) is 0 Å². The van der Waals surface area contributed by atoms with Crippen molar-refractivity contribution in [1.82, 2.24) is 10.2 Å². The Balaban J connectivity index is 2.06. The third-order valence-electron chi connectivity index (χ3n) is 6.49. The Labute approximate surface area is 250 Å². The molecule has 3 aromatic rings. The summed E-state index contributed by atoms with van der Waals surface area (Å²) in [6.45, 7) is 9.24. The molecule has 0 bridgehead atoms. The van der Waals surface area contributed by atoms with Crippen molar-refractivity contribution < 1.29 is 18.0 Å². The zero-order chi connectivity index (χ0) is 29.6. The molecule has 0 aliphatic heterocycles. The predicted molar refractivity (Wildman–Crippen MR) is 164 cm³/mol. The second-order valence-electron chi connectivity index (χ2n) is 10.2. The summed E-state index contributed by atoms with van der Waals surface area (Å²) in [7, 11) is -4.17. The van der Waals surface area contributed by atoms with Crippen LogP contribution in [-0.4, -0.2) is 44.3 Å². The van der Waals surface area contributed by atoms with Crippen LogP contribution in [0.25, 0.3) is 0 Å². The lowest BCUT2D eigenvalue weighted by molar-refractivity contribution is -0.139. The molecule has 2 amide bonds. The summed E-state index contributed by atoms with van der Waals surface area (Å²) in [6, 6.07) is 18.0. The van der Waals surface area contributed by atoms with Gasteiger partial charge in [0.05, 0.1) is 10.6 Å². The summed E-state index contributed by atoms with van der Waals surface area (Å²) in [6.07, 6.45) is 0. The largest absolute Gasteiger partial charge is 0.354 e. The zero-order valence-corrected chi connectivity index (χ0v) is 26.5. The summed E-state index contributed by atoms with van der Waals surface area (Å²) >= 11 is 9.83. The van der Waals surface area contributed by atoms with Crippen LogP contribution in [0.5, 0.6) is 0 Å². The Morgan fingerprint density at radius 2 is 1.62 bits per heavy atom. The SMILES string of the molecule is Cc1ccc(S(=O)(=O)N(CC(=O)N(Cc2cccc(Br)c2)C(C)C(=O)NCC(C)C)c2cccc(Cl)c2C)cc1. The van der Waals surface area contributed by atoms with Crippen molar-refractivity contribution >= 4 is 55.1 Å². The van der Waals surface area contributed by atoms with E-state index in [9.17, 15) is 18.0 Å². The minimum absolute atomic E-state index is 0.0477. The van der Waals surface area contributed by atoms with Crippen molar-refractivity contribution in [2.75, 3.05) is 17.4 Å². The monoisotopic (exact) mass is 647 g/mol. The van der Waals surface area contributed by atoms with Crippen molar-refractivity contribution in [1.29, 1.82) is 0 Å². The Bertz CT molecular complexity index is 1460. The maximum absolute atomic E-state index is 14.0. The van der Waals surface area contributed by atoms with Gasteiger partial charge < -0.3 is 10.2 Å². The number of carbonyl (C=O) groups is 2. The number of benzene rings is 3. The predicted octanol–water partition coefficient (Wildman–Crippen LogP) is 6.10. The highest BCUT2D eigenvalue weighted by Crippen LogP contribution is 2.31. The molecule has 1 atom stereocenters. The van der Waals surface area contributed by atoms with E-state index in [2.05, 4.69) is 21.2 Å². The fourth-order valence-electron chi connectivity index (χ4n) is 4.08. The van der Waals surface area contributed by atoms with Gasteiger partial charge in [0.2, 0.25) is 11.8 Å². The highest BCUT2D eigenvalue weighted by Gasteiger charge is 2.33. The number of carbonyl (C=O) groups excluding carboxylic acids is 2. The first kappa shape index (κ1) is 31.6. The molecule has 3 aromatic carbocycles. The first-order valence-electron chi connectivity index (χ1n) is 13.0. The Hall–Kier alpha value is -2.88. The van der Waals surface area contributed by atoms with Crippen LogP contribution < -0.4 is 9.62 Å². The average molecular weight is 649 g/mol. The van der Waals surface area contributed by atoms with E-state index in [1.54, 1.807) is 44.2 Å². The lowest BCUT2D eigenvalue weighted by atomic mass is 10.1. The molecule has 0 spiro atoms. The highest BCUT2D eigenvalue weighted by molar-refractivity contribution is 9.10. The van der Waals surface area contributed by atoms with Gasteiger partial charge in [-0.1, -0.05) is 77.3 Å². The molecule has 1 N–H and O–H groups in total. The van der Waals surface area contributed by atoms with Gasteiger partial charge in [-0.15, -0.1) is 0 Å². The number of rotatable bonds is 11. The molecule has 0 radical (unpaired) electrons. The van der Waals surface area contributed by atoms with Crippen molar-refractivity contribution in [3.05, 3.63) is 92.9 Å². The molecule has 1 unspecified atom stereocenters. The molecule has 40 heavy (non-hydrogen) atoms. The van der Waals surface area contributed by atoms with Crippen LogP contribution in [-0.2, 0) is 26.2 Å². The number of nitrogens with zero attached hydrogens (tertiary/aromatic N) is 2. The molecule has 7 nitrogen and oxygen atoms in total. The van der Waals surface area contributed by atoms with E-state index in [0.717, 1.165) is 19.9 Å². The lowest BCUT2D eigenvalue weighted by Crippen LogP contribution is -2.51. The Morgan fingerprint density at radius 1 is 0.975 bits per heavy atom. The molecule has 0 aliphatic carbocycles. The van der Waals surface area contributed by atoms with Crippen LogP contribution in [0.15, 0.2) is 76.1 Å². The van der Waals surface area contributed by atoms with E-state index in [1.165, 1.54) is 17.0 Å². The van der Waals surface area contributed by atoms with Gasteiger partial charge in [0.15, 0.2) is 0 Å². The highest BCUT2D eigenvalue weighted by atomic mass is 79.9. The number of amides is 2. The standard InChI is InChI=1S/C30H35BrClN3O4S/c1-20(2)17-33-30(37)23(5)34(18-24-8-6-9-25(31)16-24)29(36)19-35(28-11-7-10-27(32)22(28)4)40(38,39)26-14-12-21(3)13-15-26/h6-16,20,23H,17-19H2,1-5H3,(H,33,37). The quantitative estimate of drug-likeness (QED) is 0.272. The van der Waals surface area contributed by atoms with Gasteiger partial charge in [0.25, 0.3) is 10.0 Å². The summed E-state index contributed by atoms with van der Waals surface area (Å²) < 4.78 is 29.9. The van der Waals surface area contributed by atoms with E-state index < -0.39 is 28.5 Å². The molecular weight excluding hydrogens is 614 g/mol. The molecule has 0 aromatic heterocycles. The normalized spacial score (nSPS) is 12.2. The first-order chi connectivity index (χ1) is 18.8. The number of anilines is 1. The van der Waals surface area contributed by atoms with Crippen LogP contribution in [0.4, 0.5) is 5.69 Å². The zero-order valence-electron chi connectivity index (χ0n) is 23.3. The van der Waals surface area contributed by atoms with Crippen molar-refractivity contribution in [3.63, 3.8) is 0 Å². The maximum atomic E-state index is 14.0. The van der Waals surface area contributed by atoms with Gasteiger partial charge >= 0.3 is 0 Å². The van der Waals surface area contributed by atoms with E-state index in [-0.39, 0.29) is 23.3 Å². The molecule has 3 rings (SSSR count). The summed E-state index contributed by atoms with van der Waals surface area (Å²) in [5.41, 5.74) is 2.51. The van der Waals surface area contributed by atoms with Crippen molar-refractivity contribution in [2.45, 2.75) is 52.1 Å². The molecular formula is C30H35BrClN3O4S. The van der Waals surface area contributed by atoms with E-state index in [0.29, 0.717) is 22.8 Å². The number of sulfonamides is 1. The van der Waals surface area contributed by atoms with Gasteiger partial charge in [0, 0.05) is 22.6 Å². The number of hydrogen-bond donors (Lipinski definition) is 1. The summed E-state index contributed by atoms with van der Waals surface area (Å²) in [4.78, 5) is 28.6. The van der Waals surface area contributed by atoms with Crippen LogP contribution in [0.2, 0.25) is 5.02 Å². The molecule has 0 heterocycles. The first-order valence-corrected chi connectivity index (χ1v) is 15.6. The van der Waals surface area contributed by atoms with E-state index >= 15 is 0 Å². The van der Waals surface area contributed by atoms with Gasteiger partial charge in [-0.2, -0.15) is 0 Å². The second kappa shape index (κ2) is 13.7. The van der Waals surface area contributed by atoms with Crippen LogP contribution in [0.3, 0.4) is 0 Å². The van der Waals surface area contributed by atoms with Crippen LogP contribution >= 0.6 is 27.5 Å². The van der Waals surface area contributed by atoms with Gasteiger partial charge in [-0.05, 0) is 74.2 Å². The van der Waals surface area contributed by atoms with E-state index in [4.69, 9.17) is 11.6 Å². The van der Waals surface area contributed by atoms with Crippen LogP contribution in [0.1, 0.15) is 37.5 Å². The second-order valence-corrected chi connectivity index (χ2v) is 13.4. The topological polar surface area (TPSA) is 86.8 Å². The number of hydrogen-bond acceptors (Lipinski definition) is 4. The summed E-state index contributed by atoms with van der Waals surface area (Å²) in [5, 5.41) is 3.26. The summed E-state index contributed by atoms with van der Waals surface area (Å²) in [5.74, 6) is -0.613. The van der Waals surface area contributed by atoms with Gasteiger partial charge in [-0.25, -0.2) is 8.42 Å². The molecule has 0 aliphatic rings. The molecule has 10 heteroatoms. The fraction of sp³-hybridized carbons (Fsp3) is 0.333. The average Bonchev–Trinajstić information content (AvgIpc) is 2.90. The Morgan fingerprint density at radius 3 is 2.25 bits per heavy atom. The lowest BCUT2D eigenvalue weighted by Gasteiger charge is -2.32. The number of halogens is 2. The van der Waals surface area contributed by atoms with Gasteiger partial charge in [-0.3, -0.25) is 13.9 Å². The third-order valence-corrected chi connectivity index (χ3v) is 9.17. The number of aryl methyl sites for hydroxylation is 1. The molecule has 0 saturated heterocycles. The fourth-order valence-corrected chi connectivity index (χ4v) is 6.17. The smallest absolute Gasteiger partial charge is 0.264 e. The molecule has 214 valence electrons. The van der Waals surface area contributed by atoms with Gasteiger partial charge in [0.1, 0.15) is 12.6 Å². The number of nitrogens with one attached hydrogen (secondary N) is 1. The third kappa shape index (κ3) is 7.86. The molecule has 0 saturated carbocycles. The maximum Gasteiger partial charge on any atom is 0.264 e. The molecule has 0 fully saturated rings.